The van der Waals surface area contributed by atoms with Crippen LogP contribution in [0, 0.1) is 5.82 Å². The van der Waals surface area contributed by atoms with Crippen molar-refractivity contribution in [1.29, 1.82) is 0 Å². The molecule has 0 bridgehead atoms. The summed E-state index contributed by atoms with van der Waals surface area (Å²) in [6, 6.07) is 16.8. The first-order valence-electron chi connectivity index (χ1n) is 8.56. The van der Waals surface area contributed by atoms with E-state index in [1.54, 1.807) is 48.5 Å². The summed E-state index contributed by atoms with van der Waals surface area (Å²) in [5.41, 5.74) is 1.88. The van der Waals surface area contributed by atoms with Crippen LogP contribution < -0.4 is 9.64 Å². The van der Waals surface area contributed by atoms with Crippen LogP contribution in [0.5, 0.6) is 5.75 Å². The molecular formula is C21H16FN3O2S. The molecule has 5 nitrogen and oxygen atoms in total. The van der Waals surface area contributed by atoms with Crippen LogP contribution in [0.1, 0.15) is 16.1 Å². The highest BCUT2D eigenvalue weighted by Gasteiger charge is 2.22. The second-order valence-corrected chi connectivity index (χ2v) is 7.06. The molecule has 0 saturated carbocycles. The Morgan fingerprint density at radius 2 is 1.96 bits per heavy atom. The molecule has 7 heteroatoms. The van der Waals surface area contributed by atoms with E-state index in [-0.39, 0.29) is 18.3 Å². The molecule has 0 radical (unpaired) electrons. The van der Waals surface area contributed by atoms with E-state index < -0.39 is 0 Å². The van der Waals surface area contributed by atoms with Crippen LogP contribution in [0.3, 0.4) is 0 Å². The zero-order valence-corrected chi connectivity index (χ0v) is 15.8. The minimum absolute atomic E-state index is 0.215. The topological polar surface area (TPSA) is 55.3 Å². The number of amides is 1. The summed E-state index contributed by atoms with van der Waals surface area (Å²) in [4.78, 5) is 23.7. The molecule has 0 aliphatic rings. The molecule has 0 fully saturated rings. The van der Waals surface area contributed by atoms with Crippen molar-refractivity contribution >= 4 is 32.6 Å². The number of hydrogen-bond donors (Lipinski definition) is 0. The van der Waals surface area contributed by atoms with Gasteiger partial charge in [-0.05, 0) is 54.6 Å². The Bertz CT molecular complexity index is 1110. The van der Waals surface area contributed by atoms with E-state index in [1.807, 2.05) is 18.2 Å². The maximum atomic E-state index is 13.6. The quantitative estimate of drug-likeness (QED) is 0.494. The van der Waals surface area contributed by atoms with Crippen molar-refractivity contribution in [3.63, 3.8) is 0 Å². The van der Waals surface area contributed by atoms with Gasteiger partial charge in [0.2, 0.25) is 0 Å². The zero-order chi connectivity index (χ0) is 19.5. The number of halogens is 1. The van der Waals surface area contributed by atoms with E-state index in [2.05, 4.69) is 9.97 Å². The first-order valence-corrected chi connectivity index (χ1v) is 9.37. The van der Waals surface area contributed by atoms with E-state index in [0.717, 1.165) is 5.69 Å². The lowest BCUT2D eigenvalue weighted by Crippen LogP contribution is -2.30. The number of rotatable bonds is 5. The maximum Gasteiger partial charge on any atom is 0.260 e. The van der Waals surface area contributed by atoms with E-state index in [9.17, 15) is 9.18 Å². The number of aromatic nitrogens is 2. The number of thiazole rings is 1. The van der Waals surface area contributed by atoms with Gasteiger partial charge >= 0.3 is 0 Å². The molecule has 0 atom stereocenters. The fourth-order valence-electron chi connectivity index (χ4n) is 2.77. The molecule has 140 valence electrons. The number of fused-ring (bicyclic) bond motifs is 1. The molecule has 0 saturated heterocycles. The van der Waals surface area contributed by atoms with Crippen LogP contribution in [0.2, 0.25) is 0 Å². The number of hydrogen-bond acceptors (Lipinski definition) is 5. The molecule has 0 N–H and O–H groups in total. The maximum absolute atomic E-state index is 13.6. The molecule has 0 spiro atoms. The number of methoxy groups -OCH3 is 1. The third-order valence-corrected chi connectivity index (χ3v) is 5.24. The highest BCUT2D eigenvalue weighted by Crippen LogP contribution is 2.31. The van der Waals surface area contributed by atoms with E-state index in [1.165, 1.54) is 23.5 Å². The Hall–Kier alpha value is -3.32. The van der Waals surface area contributed by atoms with Crippen LogP contribution >= 0.6 is 11.3 Å². The van der Waals surface area contributed by atoms with Crippen LogP contribution in [-0.4, -0.2) is 23.0 Å². The lowest BCUT2D eigenvalue weighted by Gasteiger charge is -2.19. The van der Waals surface area contributed by atoms with Crippen molar-refractivity contribution in [2.24, 2.45) is 0 Å². The second kappa shape index (κ2) is 7.74. The molecule has 2 heterocycles. The standard InChI is InChI=1S/C21H16FN3O2S/c1-27-17-8-5-14(6-9-17)20(26)25(13-16-4-2-3-11-23-16)21-24-18-10-7-15(22)12-19(18)28-21/h2-12H,13H2,1H3. The summed E-state index contributed by atoms with van der Waals surface area (Å²) >= 11 is 1.27. The largest absolute Gasteiger partial charge is 0.497 e. The highest BCUT2D eigenvalue weighted by molar-refractivity contribution is 7.22. The van der Waals surface area contributed by atoms with Crippen LogP contribution in [-0.2, 0) is 6.54 Å². The summed E-state index contributed by atoms with van der Waals surface area (Å²) in [7, 11) is 1.57. The molecule has 0 aliphatic heterocycles. The van der Waals surface area contributed by atoms with Gasteiger partial charge in [-0.15, -0.1) is 0 Å². The lowest BCUT2D eigenvalue weighted by molar-refractivity contribution is 0.0985. The Labute approximate surface area is 165 Å². The zero-order valence-electron chi connectivity index (χ0n) is 15.0. The molecule has 2 aromatic heterocycles. The molecule has 0 aliphatic carbocycles. The van der Waals surface area contributed by atoms with Gasteiger partial charge in [0, 0.05) is 11.8 Å². The Balaban J connectivity index is 1.74. The number of nitrogens with zero attached hydrogens (tertiary/aromatic N) is 3. The summed E-state index contributed by atoms with van der Waals surface area (Å²) < 4.78 is 19.4. The molecular weight excluding hydrogens is 377 g/mol. The van der Waals surface area contributed by atoms with Crippen LogP contribution in [0.4, 0.5) is 9.52 Å². The molecule has 28 heavy (non-hydrogen) atoms. The molecule has 4 aromatic rings. The summed E-state index contributed by atoms with van der Waals surface area (Å²) in [5.74, 6) is 0.122. The number of anilines is 1. The van der Waals surface area contributed by atoms with E-state index >= 15 is 0 Å². The number of benzene rings is 2. The fraction of sp³-hybridized carbons (Fsp3) is 0.0952. The predicted molar refractivity (Wildman–Crippen MR) is 107 cm³/mol. The van der Waals surface area contributed by atoms with Crippen LogP contribution in [0.15, 0.2) is 66.9 Å². The van der Waals surface area contributed by atoms with Crippen molar-refractivity contribution in [1.82, 2.24) is 9.97 Å². The summed E-state index contributed by atoms with van der Waals surface area (Å²) in [6.45, 7) is 0.258. The smallest absolute Gasteiger partial charge is 0.260 e. The Morgan fingerprint density at radius 1 is 1.14 bits per heavy atom. The average molecular weight is 393 g/mol. The summed E-state index contributed by atoms with van der Waals surface area (Å²) in [5, 5.41) is 0.493. The average Bonchev–Trinajstić information content (AvgIpc) is 3.15. The summed E-state index contributed by atoms with van der Waals surface area (Å²) in [6.07, 6.45) is 1.68. The Kier molecular flexibility index (Phi) is 4.99. The van der Waals surface area contributed by atoms with Crippen molar-refractivity contribution in [3.8, 4) is 5.75 Å². The molecule has 4 rings (SSSR count). The normalized spacial score (nSPS) is 10.8. The van der Waals surface area contributed by atoms with Gasteiger partial charge in [0.05, 0.1) is 29.6 Å². The second-order valence-electron chi connectivity index (χ2n) is 6.05. The van der Waals surface area contributed by atoms with Gasteiger partial charge in [0.1, 0.15) is 11.6 Å². The van der Waals surface area contributed by atoms with Gasteiger partial charge in [0.25, 0.3) is 5.91 Å². The third kappa shape index (κ3) is 3.70. The van der Waals surface area contributed by atoms with Gasteiger partial charge < -0.3 is 4.74 Å². The van der Waals surface area contributed by atoms with E-state index in [0.29, 0.717) is 26.7 Å². The lowest BCUT2D eigenvalue weighted by atomic mass is 10.2. The van der Waals surface area contributed by atoms with E-state index in [4.69, 9.17) is 4.74 Å². The first kappa shape index (κ1) is 18.1. The minimum atomic E-state index is -0.333. The van der Waals surface area contributed by atoms with Gasteiger partial charge in [-0.25, -0.2) is 9.37 Å². The number of pyridine rings is 1. The molecule has 0 unspecified atom stereocenters. The molecule has 1 amide bonds. The SMILES string of the molecule is COc1ccc(C(=O)N(Cc2ccccn2)c2nc3ccc(F)cc3s2)cc1. The number of carbonyl (C=O) groups excluding carboxylic acids is 1. The number of carbonyl (C=O) groups is 1. The predicted octanol–water partition coefficient (Wildman–Crippen LogP) is 4.69. The van der Waals surface area contributed by atoms with Gasteiger partial charge in [-0.1, -0.05) is 17.4 Å². The van der Waals surface area contributed by atoms with Gasteiger partial charge in [-0.2, -0.15) is 0 Å². The fourth-order valence-corrected chi connectivity index (χ4v) is 3.76. The molecule has 2 aromatic carbocycles. The van der Waals surface area contributed by atoms with Gasteiger partial charge in [0.15, 0.2) is 5.13 Å². The minimum Gasteiger partial charge on any atom is -0.497 e. The third-order valence-electron chi connectivity index (χ3n) is 4.20. The van der Waals surface area contributed by atoms with Crippen LogP contribution in [0.25, 0.3) is 10.2 Å². The monoisotopic (exact) mass is 393 g/mol. The number of ether oxygens (including phenoxy) is 1. The van der Waals surface area contributed by atoms with Crippen molar-refractivity contribution in [2.45, 2.75) is 6.54 Å². The van der Waals surface area contributed by atoms with Crippen molar-refractivity contribution in [3.05, 3.63) is 83.9 Å². The van der Waals surface area contributed by atoms with Gasteiger partial charge in [-0.3, -0.25) is 14.7 Å². The first-order chi connectivity index (χ1) is 13.6. The van der Waals surface area contributed by atoms with Crippen molar-refractivity contribution < 1.29 is 13.9 Å². The van der Waals surface area contributed by atoms with Crippen molar-refractivity contribution in [2.75, 3.05) is 12.0 Å². The Morgan fingerprint density at radius 3 is 2.68 bits per heavy atom. The highest BCUT2D eigenvalue weighted by atomic mass is 32.1.